The lowest BCUT2D eigenvalue weighted by Crippen LogP contribution is -2.32. The summed E-state index contributed by atoms with van der Waals surface area (Å²) in [5.41, 5.74) is 1.03. The largest absolute Gasteiger partial charge is 0.396 e. The van der Waals surface area contributed by atoms with Crippen molar-refractivity contribution in [1.29, 1.82) is 0 Å². The van der Waals surface area contributed by atoms with Crippen LogP contribution < -0.4 is 10.6 Å². The van der Waals surface area contributed by atoms with Gasteiger partial charge in [0.05, 0.1) is 6.61 Å². The number of aliphatic hydroxyl groups excluding tert-OH is 1. The Morgan fingerprint density at radius 1 is 1.05 bits per heavy atom. The summed E-state index contributed by atoms with van der Waals surface area (Å²) in [6, 6.07) is 0. The molecule has 0 aromatic carbocycles. The van der Waals surface area contributed by atoms with E-state index >= 15 is 0 Å². The molecule has 0 unspecified atom stereocenters. The van der Waals surface area contributed by atoms with Crippen molar-refractivity contribution in [3.05, 3.63) is 11.9 Å². The summed E-state index contributed by atoms with van der Waals surface area (Å²) in [6.45, 7) is 10.2. The quantitative estimate of drug-likeness (QED) is 0.649. The molecular weight excluding hydrogens is 252 g/mol. The van der Waals surface area contributed by atoms with Crippen LogP contribution in [0.25, 0.3) is 0 Å². The van der Waals surface area contributed by atoms with E-state index in [1.54, 1.807) is 6.33 Å². The lowest BCUT2D eigenvalue weighted by molar-refractivity contribution is 0.127. The van der Waals surface area contributed by atoms with Gasteiger partial charge in [0.25, 0.3) is 0 Å². The topological polar surface area (TPSA) is 70.1 Å². The summed E-state index contributed by atoms with van der Waals surface area (Å²) in [4.78, 5) is 8.65. The van der Waals surface area contributed by atoms with Crippen molar-refractivity contribution in [3.63, 3.8) is 0 Å². The van der Waals surface area contributed by atoms with Crippen LogP contribution in [0, 0.1) is 5.41 Å². The molecule has 0 aliphatic heterocycles. The molecule has 1 aromatic rings. The molecule has 0 amide bonds. The first-order valence-electron chi connectivity index (χ1n) is 7.58. The van der Waals surface area contributed by atoms with Crippen LogP contribution in [0.5, 0.6) is 0 Å². The van der Waals surface area contributed by atoms with E-state index in [4.69, 9.17) is 0 Å². The van der Waals surface area contributed by atoms with Gasteiger partial charge in [0, 0.05) is 24.1 Å². The maximum atomic E-state index is 9.63. The van der Waals surface area contributed by atoms with Crippen LogP contribution in [0.3, 0.4) is 0 Å². The van der Waals surface area contributed by atoms with Crippen molar-refractivity contribution in [2.24, 2.45) is 5.41 Å². The van der Waals surface area contributed by atoms with Gasteiger partial charge in [0.1, 0.15) is 18.0 Å². The molecule has 0 spiro atoms. The van der Waals surface area contributed by atoms with Crippen LogP contribution in [0.4, 0.5) is 11.6 Å². The molecule has 0 atom stereocenters. The van der Waals surface area contributed by atoms with E-state index in [-0.39, 0.29) is 12.0 Å². The van der Waals surface area contributed by atoms with Crippen molar-refractivity contribution in [2.45, 2.75) is 47.0 Å². The van der Waals surface area contributed by atoms with Gasteiger partial charge in [-0.3, -0.25) is 0 Å². The summed E-state index contributed by atoms with van der Waals surface area (Å²) < 4.78 is 0. The van der Waals surface area contributed by atoms with Gasteiger partial charge in [-0.05, 0) is 26.2 Å². The molecule has 20 heavy (non-hydrogen) atoms. The molecule has 0 bridgehead atoms. The zero-order chi connectivity index (χ0) is 15.0. The first-order valence-corrected chi connectivity index (χ1v) is 7.58. The van der Waals surface area contributed by atoms with Crippen LogP contribution in [-0.2, 0) is 6.42 Å². The van der Waals surface area contributed by atoms with Crippen molar-refractivity contribution in [2.75, 3.05) is 30.3 Å². The monoisotopic (exact) mass is 280 g/mol. The number of aliphatic hydroxyl groups is 1. The van der Waals surface area contributed by atoms with Crippen molar-refractivity contribution in [3.8, 4) is 0 Å². The van der Waals surface area contributed by atoms with Gasteiger partial charge < -0.3 is 15.7 Å². The summed E-state index contributed by atoms with van der Waals surface area (Å²) in [7, 11) is 0. The Hall–Kier alpha value is -1.36. The first-order chi connectivity index (χ1) is 9.66. The minimum Gasteiger partial charge on any atom is -0.396 e. The third-order valence-electron chi connectivity index (χ3n) is 4.11. The maximum Gasteiger partial charge on any atom is 0.134 e. The number of anilines is 2. The molecule has 0 aliphatic rings. The van der Waals surface area contributed by atoms with Gasteiger partial charge >= 0.3 is 0 Å². The molecule has 0 saturated carbocycles. The zero-order valence-corrected chi connectivity index (χ0v) is 13.2. The lowest BCUT2D eigenvalue weighted by atomic mass is 9.83. The van der Waals surface area contributed by atoms with Crippen molar-refractivity contribution < 1.29 is 5.11 Å². The molecule has 0 radical (unpaired) electrons. The molecule has 5 nitrogen and oxygen atoms in total. The maximum absolute atomic E-state index is 9.63. The molecule has 5 heteroatoms. The minimum absolute atomic E-state index is 0.0751. The fraction of sp³-hybridized carbons (Fsp3) is 0.733. The fourth-order valence-electron chi connectivity index (χ4n) is 2.27. The predicted octanol–water partition coefficient (Wildman–Crippen LogP) is 2.68. The van der Waals surface area contributed by atoms with Crippen molar-refractivity contribution >= 4 is 11.6 Å². The lowest BCUT2D eigenvalue weighted by Gasteiger charge is -2.30. The molecule has 0 saturated heterocycles. The number of aromatic nitrogens is 2. The number of nitrogens with one attached hydrogen (secondary N) is 2. The minimum atomic E-state index is -0.0751. The van der Waals surface area contributed by atoms with Gasteiger partial charge in [-0.2, -0.15) is 0 Å². The van der Waals surface area contributed by atoms with Gasteiger partial charge in [0.2, 0.25) is 0 Å². The summed E-state index contributed by atoms with van der Waals surface area (Å²) in [5, 5.41) is 16.3. The smallest absolute Gasteiger partial charge is 0.134 e. The summed E-state index contributed by atoms with van der Waals surface area (Å²) in [6.07, 6.45) is 4.34. The van der Waals surface area contributed by atoms with E-state index in [1.807, 2.05) is 0 Å². The van der Waals surface area contributed by atoms with Crippen LogP contribution >= 0.6 is 0 Å². The highest BCUT2D eigenvalue weighted by atomic mass is 16.3. The third kappa shape index (κ3) is 3.82. The second-order valence-electron chi connectivity index (χ2n) is 5.15. The Labute approximate surface area is 122 Å². The second-order valence-corrected chi connectivity index (χ2v) is 5.15. The molecule has 0 fully saturated rings. The first kappa shape index (κ1) is 16.7. The average molecular weight is 280 g/mol. The van der Waals surface area contributed by atoms with Crippen LogP contribution in [0.1, 0.15) is 46.1 Å². The SMILES string of the molecule is CCNc1ncnc(NCC(CC)(CC)CO)c1CC. The van der Waals surface area contributed by atoms with E-state index in [2.05, 4.69) is 48.3 Å². The van der Waals surface area contributed by atoms with E-state index < -0.39 is 0 Å². The molecule has 3 N–H and O–H groups in total. The number of nitrogens with zero attached hydrogens (tertiary/aromatic N) is 2. The standard InChI is InChI=1S/C15H28N4O/c1-5-12-13(16-8-4)18-11-19-14(12)17-9-15(6-2,7-3)10-20/h11,20H,5-10H2,1-4H3,(H2,16,17,18,19). The van der Waals surface area contributed by atoms with Gasteiger partial charge in [-0.25, -0.2) is 9.97 Å². The van der Waals surface area contributed by atoms with Gasteiger partial charge in [0.15, 0.2) is 0 Å². The van der Waals surface area contributed by atoms with Gasteiger partial charge in [-0.1, -0.05) is 20.8 Å². The fourth-order valence-corrected chi connectivity index (χ4v) is 2.27. The summed E-state index contributed by atoms with van der Waals surface area (Å²) >= 11 is 0. The number of rotatable bonds is 9. The Kier molecular flexibility index (Phi) is 6.71. The Morgan fingerprint density at radius 3 is 2.10 bits per heavy atom. The highest BCUT2D eigenvalue weighted by Crippen LogP contribution is 2.27. The molecular formula is C15H28N4O. The van der Waals surface area contributed by atoms with Crippen molar-refractivity contribution in [1.82, 2.24) is 9.97 Å². The average Bonchev–Trinajstić information content (AvgIpc) is 2.50. The molecule has 0 aliphatic carbocycles. The highest BCUT2D eigenvalue weighted by molar-refractivity contribution is 5.57. The predicted molar refractivity (Wildman–Crippen MR) is 84.2 cm³/mol. The Balaban J connectivity index is 2.89. The Morgan fingerprint density at radius 2 is 1.65 bits per heavy atom. The summed E-state index contributed by atoms with van der Waals surface area (Å²) in [5.74, 6) is 1.77. The zero-order valence-electron chi connectivity index (χ0n) is 13.2. The number of hydrogen-bond acceptors (Lipinski definition) is 5. The normalized spacial score (nSPS) is 11.4. The molecule has 114 valence electrons. The molecule has 1 aromatic heterocycles. The van der Waals surface area contributed by atoms with Gasteiger partial charge in [-0.15, -0.1) is 0 Å². The molecule has 1 rings (SSSR count). The van der Waals surface area contributed by atoms with Crippen LogP contribution in [-0.4, -0.2) is 34.8 Å². The molecule has 1 heterocycles. The third-order valence-corrected chi connectivity index (χ3v) is 4.11. The van der Waals surface area contributed by atoms with E-state index in [1.165, 1.54) is 0 Å². The van der Waals surface area contributed by atoms with Crippen LogP contribution in [0.15, 0.2) is 6.33 Å². The number of hydrogen-bond donors (Lipinski definition) is 3. The van der Waals surface area contributed by atoms with Crippen LogP contribution in [0.2, 0.25) is 0 Å². The van der Waals surface area contributed by atoms with E-state index in [0.717, 1.165) is 49.6 Å². The second kappa shape index (κ2) is 8.04. The Bertz CT molecular complexity index is 397. The highest BCUT2D eigenvalue weighted by Gasteiger charge is 2.25. The van der Waals surface area contributed by atoms with E-state index in [9.17, 15) is 5.11 Å². The van der Waals surface area contributed by atoms with E-state index in [0.29, 0.717) is 0 Å².